The molecule has 2 aliphatic rings. The molecule has 0 radical (unpaired) electrons. The van der Waals surface area contributed by atoms with Crippen LogP contribution in [-0.2, 0) is 9.84 Å². The monoisotopic (exact) mass is 272 g/mol. The molecule has 2 aliphatic heterocycles. The van der Waals surface area contributed by atoms with Gasteiger partial charge in [0.05, 0.1) is 11.5 Å². The van der Waals surface area contributed by atoms with Crippen LogP contribution in [0.15, 0.2) is 12.7 Å². The summed E-state index contributed by atoms with van der Waals surface area (Å²) in [4.78, 5) is 2.31. The topological polar surface area (TPSA) is 49.4 Å². The molecule has 0 aromatic carbocycles. The molecule has 0 bridgehead atoms. The Balaban J connectivity index is 2.02. The lowest BCUT2D eigenvalue weighted by molar-refractivity contribution is 0.153. The second-order valence-electron chi connectivity index (χ2n) is 6.01. The van der Waals surface area contributed by atoms with Gasteiger partial charge in [-0.2, -0.15) is 0 Å². The SMILES string of the molecule is C=CCN(CC1(C)CCNC1)C1CCS(=O)(=O)C1. The van der Waals surface area contributed by atoms with Crippen LogP contribution >= 0.6 is 0 Å². The molecule has 0 aliphatic carbocycles. The van der Waals surface area contributed by atoms with Crippen LogP contribution in [0.4, 0.5) is 0 Å². The molecule has 4 nitrogen and oxygen atoms in total. The van der Waals surface area contributed by atoms with E-state index >= 15 is 0 Å². The zero-order valence-electron chi connectivity index (χ0n) is 11.2. The Morgan fingerprint density at radius 1 is 1.56 bits per heavy atom. The number of nitrogens with one attached hydrogen (secondary N) is 1. The molecule has 104 valence electrons. The first-order chi connectivity index (χ1) is 8.44. The molecule has 5 heteroatoms. The van der Waals surface area contributed by atoms with Crippen molar-refractivity contribution in [1.29, 1.82) is 0 Å². The van der Waals surface area contributed by atoms with E-state index in [1.165, 1.54) is 6.42 Å². The van der Waals surface area contributed by atoms with Crippen LogP contribution in [0.1, 0.15) is 19.8 Å². The van der Waals surface area contributed by atoms with Gasteiger partial charge in [-0.15, -0.1) is 6.58 Å². The van der Waals surface area contributed by atoms with Crippen molar-refractivity contribution in [2.45, 2.75) is 25.8 Å². The predicted octanol–water partition coefficient (Wildman–Crippen LogP) is 0.661. The van der Waals surface area contributed by atoms with Crippen molar-refractivity contribution in [3.8, 4) is 0 Å². The zero-order valence-corrected chi connectivity index (χ0v) is 12.0. The lowest BCUT2D eigenvalue weighted by Gasteiger charge is -2.34. The second-order valence-corrected chi connectivity index (χ2v) is 8.24. The third kappa shape index (κ3) is 3.33. The van der Waals surface area contributed by atoms with Gasteiger partial charge in [0, 0.05) is 25.7 Å². The predicted molar refractivity (Wildman–Crippen MR) is 74.4 cm³/mol. The summed E-state index contributed by atoms with van der Waals surface area (Å²) in [5, 5.41) is 3.40. The highest BCUT2D eigenvalue weighted by Gasteiger charge is 2.36. The second kappa shape index (κ2) is 5.31. The minimum Gasteiger partial charge on any atom is -0.316 e. The highest BCUT2D eigenvalue weighted by molar-refractivity contribution is 7.91. The summed E-state index contributed by atoms with van der Waals surface area (Å²) in [5.74, 6) is 0.671. The van der Waals surface area contributed by atoms with Gasteiger partial charge in [-0.3, -0.25) is 4.90 Å². The van der Waals surface area contributed by atoms with Gasteiger partial charge in [0.2, 0.25) is 0 Å². The maximum absolute atomic E-state index is 11.6. The van der Waals surface area contributed by atoms with Gasteiger partial charge in [0.25, 0.3) is 0 Å². The lowest BCUT2D eigenvalue weighted by atomic mass is 9.88. The first-order valence-electron chi connectivity index (χ1n) is 6.70. The molecule has 1 N–H and O–H groups in total. The summed E-state index contributed by atoms with van der Waals surface area (Å²) in [6, 6.07) is 0.186. The van der Waals surface area contributed by atoms with E-state index in [0.29, 0.717) is 11.5 Å². The van der Waals surface area contributed by atoms with Crippen molar-refractivity contribution in [2.75, 3.05) is 37.7 Å². The van der Waals surface area contributed by atoms with Crippen molar-refractivity contribution in [3.05, 3.63) is 12.7 Å². The van der Waals surface area contributed by atoms with Crippen molar-refractivity contribution in [3.63, 3.8) is 0 Å². The molecule has 2 atom stereocenters. The molecular weight excluding hydrogens is 248 g/mol. The van der Waals surface area contributed by atoms with Crippen molar-refractivity contribution in [2.24, 2.45) is 5.41 Å². The first kappa shape index (κ1) is 14.0. The molecule has 0 aromatic heterocycles. The van der Waals surface area contributed by atoms with E-state index in [1.54, 1.807) is 0 Å². The van der Waals surface area contributed by atoms with Crippen molar-refractivity contribution < 1.29 is 8.42 Å². The van der Waals surface area contributed by atoms with Crippen LogP contribution in [0.2, 0.25) is 0 Å². The lowest BCUT2D eigenvalue weighted by Crippen LogP contribution is -2.44. The Morgan fingerprint density at radius 2 is 2.33 bits per heavy atom. The van der Waals surface area contributed by atoms with E-state index in [-0.39, 0.29) is 11.5 Å². The molecule has 0 aromatic rings. The minimum atomic E-state index is -2.80. The van der Waals surface area contributed by atoms with Gasteiger partial charge in [0.1, 0.15) is 0 Å². The Hall–Kier alpha value is -0.390. The van der Waals surface area contributed by atoms with Crippen LogP contribution in [-0.4, -0.2) is 57.0 Å². The molecule has 2 fully saturated rings. The fourth-order valence-corrected chi connectivity index (χ4v) is 4.83. The smallest absolute Gasteiger partial charge is 0.151 e. The molecule has 2 heterocycles. The van der Waals surface area contributed by atoms with E-state index in [2.05, 4.69) is 23.7 Å². The van der Waals surface area contributed by atoms with Crippen LogP contribution in [0.25, 0.3) is 0 Å². The normalized spacial score (nSPS) is 35.1. The Kier molecular flexibility index (Phi) is 4.14. The quantitative estimate of drug-likeness (QED) is 0.747. The first-order valence-corrected chi connectivity index (χ1v) is 8.52. The number of hydrogen-bond donors (Lipinski definition) is 1. The summed E-state index contributed by atoms with van der Waals surface area (Å²) >= 11 is 0. The van der Waals surface area contributed by atoms with Crippen LogP contribution in [0.3, 0.4) is 0 Å². The zero-order chi connectivity index (χ0) is 13.2. The average Bonchev–Trinajstić information content (AvgIpc) is 2.85. The molecule has 18 heavy (non-hydrogen) atoms. The standard InChI is InChI=1S/C13H24N2O2S/c1-3-7-15(11-13(2)5-6-14-10-13)12-4-8-18(16,17)9-12/h3,12,14H,1,4-11H2,2H3. The fourth-order valence-electron chi connectivity index (χ4n) is 3.07. The number of rotatable bonds is 5. The van der Waals surface area contributed by atoms with Crippen LogP contribution in [0, 0.1) is 5.41 Å². The Labute approximate surface area is 110 Å². The highest BCUT2D eigenvalue weighted by Crippen LogP contribution is 2.28. The van der Waals surface area contributed by atoms with Crippen molar-refractivity contribution in [1.82, 2.24) is 10.2 Å². The summed E-state index contributed by atoms with van der Waals surface area (Å²) < 4.78 is 23.2. The number of nitrogens with zero attached hydrogens (tertiary/aromatic N) is 1. The Bertz CT molecular complexity index is 399. The summed E-state index contributed by atoms with van der Waals surface area (Å²) in [7, 11) is -2.80. The summed E-state index contributed by atoms with van der Waals surface area (Å²) in [6.07, 6.45) is 3.83. The molecule has 2 saturated heterocycles. The fraction of sp³-hybridized carbons (Fsp3) is 0.846. The molecular formula is C13H24N2O2S. The van der Waals surface area contributed by atoms with Gasteiger partial charge in [-0.25, -0.2) is 8.42 Å². The average molecular weight is 272 g/mol. The van der Waals surface area contributed by atoms with E-state index < -0.39 is 9.84 Å². The van der Waals surface area contributed by atoms with Gasteiger partial charge in [-0.05, 0) is 24.8 Å². The van der Waals surface area contributed by atoms with Crippen molar-refractivity contribution >= 4 is 9.84 Å². The van der Waals surface area contributed by atoms with Crippen LogP contribution < -0.4 is 5.32 Å². The summed E-state index contributed by atoms with van der Waals surface area (Å²) in [6.45, 7) is 9.93. The summed E-state index contributed by atoms with van der Waals surface area (Å²) in [5.41, 5.74) is 0.273. The van der Waals surface area contributed by atoms with E-state index in [1.807, 2.05) is 6.08 Å². The van der Waals surface area contributed by atoms with Gasteiger partial charge in [0.15, 0.2) is 9.84 Å². The maximum Gasteiger partial charge on any atom is 0.151 e. The Morgan fingerprint density at radius 3 is 2.83 bits per heavy atom. The van der Waals surface area contributed by atoms with Crippen LogP contribution in [0.5, 0.6) is 0 Å². The van der Waals surface area contributed by atoms with Gasteiger partial charge >= 0.3 is 0 Å². The molecule has 0 saturated carbocycles. The molecule has 0 spiro atoms. The number of hydrogen-bond acceptors (Lipinski definition) is 4. The third-order valence-corrected chi connectivity index (χ3v) is 5.88. The molecule has 2 unspecified atom stereocenters. The largest absolute Gasteiger partial charge is 0.316 e. The van der Waals surface area contributed by atoms with Gasteiger partial charge < -0.3 is 5.32 Å². The molecule has 0 amide bonds. The van der Waals surface area contributed by atoms with E-state index in [9.17, 15) is 8.42 Å². The van der Waals surface area contributed by atoms with E-state index in [4.69, 9.17) is 0 Å². The minimum absolute atomic E-state index is 0.186. The van der Waals surface area contributed by atoms with E-state index in [0.717, 1.165) is 32.6 Å². The molecule has 2 rings (SSSR count). The van der Waals surface area contributed by atoms with Gasteiger partial charge in [-0.1, -0.05) is 13.0 Å². The third-order valence-electron chi connectivity index (χ3n) is 4.13. The maximum atomic E-state index is 11.6. The highest BCUT2D eigenvalue weighted by atomic mass is 32.2. The number of sulfone groups is 1.